The highest BCUT2D eigenvalue weighted by molar-refractivity contribution is 6.31. The Morgan fingerprint density at radius 2 is 1.91 bits per heavy atom. The highest BCUT2D eigenvalue weighted by Gasteiger charge is 2.21. The molecule has 7 heteroatoms. The van der Waals surface area contributed by atoms with Crippen LogP contribution in [0, 0.1) is 19.7 Å². The van der Waals surface area contributed by atoms with Gasteiger partial charge in [0.1, 0.15) is 11.9 Å². The summed E-state index contributed by atoms with van der Waals surface area (Å²) in [6.07, 6.45) is 0. The van der Waals surface area contributed by atoms with E-state index < -0.39 is 0 Å². The molecule has 0 radical (unpaired) electrons. The standard InChI is InChI=1S/C15H14ClFN4O/c1-8-13(16)9(2)21(19-8)10(3)15-18-14(20-22-15)11-4-6-12(17)7-5-11/h4-7,10H,1-3H3. The molecule has 3 aromatic rings. The predicted molar refractivity (Wildman–Crippen MR) is 80.2 cm³/mol. The number of aryl methyl sites for hydroxylation is 1. The Labute approximate surface area is 131 Å². The molecule has 0 N–H and O–H groups in total. The molecule has 22 heavy (non-hydrogen) atoms. The van der Waals surface area contributed by atoms with Crippen LogP contribution in [0.2, 0.25) is 5.02 Å². The van der Waals surface area contributed by atoms with Gasteiger partial charge in [-0.15, -0.1) is 0 Å². The maximum absolute atomic E-state index is 13.0. The van der Waals surface area contributed by atoms with E-state index in [-0.39, 0.29) is 11.9 Å². The molecular formula is C15H14ClFN4O. The van der Waals surface area contributed by atoms with Gasteiger partial charge < -0.3 is 4.52 Å². The van der Waals surface area contributed by atoms with Crippen LogP contribution in [0.3, 0.4) is 0 Å². The zero-order chi connectivity index (χ0) is 15.9. The molecule has 1 atom stereocenters. The number of halogens is 2. The van der Waals surface area contributed by atoms with Crippen LogP contribution in [-0.4, -0.2) is 19.9 Å². The third kappa shape index (κ3) is 2.50. The summed E-state index contributed by atoms with van der Waals surface area (Å²) in [6.45, 7) is 5.63. The highest BCUT2D eigenvalue weighted by Crippen LogP contribution is 2.26. The monoisotopic (exact) mass is 320 g/mol. The number of aromatic nitrogens is 4. The van der Waals surface area contributed by atoms with Crippen molar-refractivity contribution in [2.45, 2.75) is 26.8 Å². The molecule has 0 bridgehead atoms. The first kappa shape index (κ1) is 14.7. The third-order valence-corrected chi connectivity index (χ3v) is 4.05. The molecule has 3 rings (SSSR count). The van der Waals surface area contributed by atoms with Crippen molar-refractivity contribution in [2.24, 2.45) is 0 Å². The van der Waals surface area contributed by atoms with E-state index in [9.17, 15) is 4.39 Å². The molecule has 0 fully saturated rings. The summed E-state index contributed by atoms with van der Waals surface area (Å²) in [4.78, 5) is 4.36. The first-order valence-corrected chi connectivity index (χ1v) is 7.16. The Morgan fingerprint density at radius 1 is 1.23 bits per heavy atom. The second-order valence-corrected chi connectivity index (χ2v) is 5.45. The van der Waals surface area contributed by atoms with E-state index >= 15 is 0 Å². The van der Waals surface area contributed by atoms with Gasteiger partial charge in [-0.1, -0.05) is 16.8 Å². The van der Waals surface area contributed by atoms with E-state index in [1.807, 2.05) is 20.8 Å². The van der Waals surface area contributed by atoms with Crippen LogP contribution in [0.25, 0.3) is 11.4 Å². The van der Waals surface area contributed by atoms with Gasteiger partial charge in [0, 0.05) is 5.56 Å². The maximum Gasteiger partial charge on any atom is 0.251 e. The van der Waals surface area contributed by atoms with Gasteiger partial charge in [0.05, 0.1) is 16.4 Å². The summed E-state index contributed by atoms with van der Waals surface area (Å²) < 4.78 is 20.0. The van der Waals surface area contributed by atoms with Gasteiger partial charge in [-0.05, 0) is 45.0 Å². The quantitative estimate of drug-likeness (QED) is 0.733. The Kier molecular flexibility index (Phi) is 3.70. The molecule has 1 unspecified atom stereocenters. The van der Waals surface area contributed by atoms with E-state index in [1.54, 1.807) is 16.8 Å². The molecular weight excluding hydrogens is 307 g/mol. The topological polar surface area (TPSA) is 56.7 Å². The van der Waals surface area contributed by atoms with Gasteiger partial charge in [-0.2, -0.15) is 10.1 Å². The lowest BCUT2D eigenvalue weighted by Gasteiger charge is -2.09. The summed E-state index contributed by atoms with van der Waals surface area (Å²) in [5.41, 5.74) is 2.28. The van der Waals surface area contributed by atoms with E-state index in [1.165, 1.54) is 12.1 Å². The molecule has 0 saturated carbocycles. The SMILES string of the molecule is Cc1nn(C(C)c2nc(-c3ccc(F)cc3)no2)c(C)c1Cl. The van der Waals surface area contributed by atoms with Gasteiger partial charge in [-0.3, -0.25) is 4.68 Å². The van der Waals surface area contributed by atoms with Crippen LogP contribution in [-0.2, 0) is 0 Å². The number of hydrogen-bond donors (Lipinski definition) is 0. The average Bonchev–Trinajstić information content (AvgIpc) is 3.09. The van der Waals surface area contributed by atoms with Gasteiger partial charge in [0.15, 0.2) is 0 Å². The number of benzene rings is 1. The van der Waals surface area contributed by atoms with E-state index in [4.69, 9.17) is 16.1 Å². The second kappa shape index (κ2) is 5.53. The van der Waals surface area contributed by atoms with Crippen LogP contribution < -0.4 is 0 Å². The fraction of sp³-hybridized carbons (Fsp3) is 0.267. The average molecular weight is 321 g/mol. The van der Waals surface area contributed by atoms with Crippen LogP contribution in [0.15, 0.2) is 28.8 Å². The lowest BCUT2D eigenvalue weighted by Crippen LogP contribution is -2.10. The number of nitrogens with zero attached hydrogens (tertiary/aromatic N) is 4. The Morgan fingerprint density at radius 3 is 2.50 bits per heavy atom. The van der Waals surface area contributed by atoms with Crippen molar-refractivity contribution in [3.8, 4) is 11.4 Å². The first-order valence-electron chi connectivity index (χ1n) is 6.78. The largest absolute Gasteiger partial charge is 0.337 e. The van der Waals surface area contributed by atoms with E-state index in [0.29, 0.717) is 22.3 Å². The van der Waals surface area contributed by atoms with Crippen molar-refractivity contribution in [1.29, 1.82) is 0 Å². The summed E-state index contributed by atoms with van der Waals surface area (Å²) >= 11 is 6.16. The fourth-order valence-electron chi connectivity index (χ4n) is 2.25. The molecule has 2 aromatic heterocycles. The number of hydrogen-bond acceptors (Lipinski definition) is 4. The van der Waals surface area contributed by atoms with Crippen LogP contribution >= 0.6 is 11.6 Å². The zero-order valence-corrected chi connectivity index (χ0v) is 13.1. The summed E-state index contributed by atoms with van der Waals surface area (Å²) in [6, 6.07) is 5.68. The molecule has 5 nitrogen and oxygen atoms in total. The molecule has 2 heterocycles. The van der Waals surface area contributed by atoms with Crippen molar-refractivity contribution < 1.29 is 8.91 Å². The molecule has 0 aliphatic rings. The van der Waals surface area contributed by atoms with Crippen molar-refractivity contribution in [3.05, 3.63) is 52.4 Å². The maximum atomic E-state index is 13.0. The Hall–Kier alpha value is -2.21. The van der Waals surface area contributed by atoms with Crippen LogP contribution in [0.1, 0.15) is 30.2 Å². The minimum absolute atomic E-state index is 0.243. The zero-order valence-electron chi connectivity index (χ0n) is 12.3. The minimum atomic E-state index is -0.307. The summed E-state index contributed by atoms with van der Waals surface area (Å²) in [5.74, 6) is 0.522. The molecule has 114 valence electrons. The van der Waals surface area contributed by atoms with Crippen LogP contribution in [0.4, 0.5) is 4.39 Å². The van der Waals surface area contributed by atoms with E-state index in [2.05, 4.69) is 15.2 Å². The first-order chi connectivity index (χ1) is 10.5. The fourth-order valence-corrected chi connectivity index (χ4v) is 2.37. The lowest BCUT2D eigenvalue weighted by molar-refractivity contribution is 0.334. The van der Waals surface area contributed by atoms with Crippen molar-refractivity contribution in [3.63, 3.8) is 0 Å². The van der Waals surface area contributed by atoms with Crippen molar-refractivity contribution in [1.82, 2.24) is 19.9 Å². The smallest absolute Gasteiger partial charge is 0.251 e. The normalized spacial score (nSPS) is 12.6. The highest BCUT2D eigenvalue weighted by atomic mass is 35.5. The lowest BCUT2D eigenvalue weighted by atomic mass is 10.2. The van der Waals surface area contributed by atoms with Gasteiger partial charge in [0.2, 0.25) is 5.82 Å². The summed E-state index contributed by atoms with van der Waals surface area (Å²) in [5, 5.41) is 8.96. The second-order valence-electron chi connectivity index (χ2n) is 5.07. The van der Waals surface area contributed by atoms with Crippen molar-refractivity contribution in [2.75, 3.05) is 0 Å². The third-order valence-electron chi connectivity index (χ3n) is 3.51. The summed E-state index contributed by atoms with van der Waals surface area (Å²) in [7, 11) is 0. The Bertz CT molecular complexity index is 810. The van der Waals surface area contributed by atoms with Crippen molar-refractivity contribution >= 4 is 11.6 Å². The molecule has 0 aliphatic carbocycles. The van der Waals surface area contributed by atoms with Gasteiger partial charge in [0.25, 0.3) is 5.89 Å². The predicted octanol–water partition coefficient (Wildman–Crippen LogP) is 3.95. The molecule has 0 spiro atoms. The number of rotatable bonds is 3. The molecule has 0 amide bonds. The minimum Gasteiger partial charge on any atom is -0.337 e. The Balaban J connectivity index is 1.93. The van der Waals surface area contributed by atoms with Gasteiger partial charge >= 0.3 is 0 Å². The molecule has 0 aliphatic heterocycles. The van der Waals surface area contributed by atoms with Gasteiger partial charge in [-0.25, -0.2) is 4.39 Å². The van der Waals surface area contributed by atoms with Crippen LogP contribution in [0.5, 0.6) is 0 Å². The molecule has 0 saturated heterocycles. The van der Waals surface area contributed by atoms with E-state index in [0.717, 1.165) is 11.4 Å². The molecule has 1 aromatic carbocycles.